The zero-order chi connectivity index (χ0) is 27.1. The number of nitrogens with two attached hydrogens (primary N) is 1. The minimum absolute atomic E-state index is 0.104. The topological polar surface area (TPSA) is 123 Å². The van der Waals surface area contributed by atoms with Crippen LogP contribution in [0.25, 0.3) is 10.8 Å². The number of para-hydroxylation sites is 2. The number of carbonyl (C=O) groups excluding carboxylic acids is 2. The number of halogens is 1. The summed E-state index contributed by atoms with van der Waals surface area (Å²) in [5, 5.41) is 17.9. The number of carbonyl (C=O) groups is 2. The van der Waals surface area contributed by atoms with Gasteiger partial charge in [0, 0.05) is 28.6 Å². The Morgan fingerprint density at radius 1 is 0.947 bits per heavy atom. The number of hydrogen-bond donors (Lipinski definition) is 4. The van der Waals surface area contributed by atoms with Crippen LogP contribution in [0.2, 0.25) is 0 Å². The van der Waals surface area contributed by atoms with E-state index in [0.717, 1.165) is 10.8 Å². The first-order valence-electron chi connectivity index (χ1n) is 11.7. The van der Waals surface area contributed by atoms with E-state index in [1.54, 1.807) is 42.5 Å². The van der Waals surface area contributed by atoms with Gasteiger partial charge in [0.05, 0.1) is 17.1 Å². The Balaban J connectivity index is 1.59. The fourth-order valence-corrected chi connectivity index (χ4v) is 4.30. The summed E-state index contributed by atoms with van der Waals surface area (Å²) in [6.07, 6.45) is -0.0763. The van der Waals surface area contributed by atoms with E-state index >= 15 is 0 Å². The molecule has 0 aliphatic rings. The molecule has 0 saturated heterocycles. The van der Waals surface area contributed by atoms with Crippen molar-refractivity contribution in [3.8, 4) is 5.75 Å². The Hall–Kier alpha value is -4.34. The standard InChI is InChI=1S/C29H26BrN3O5/c1-37-26(15-16-27(35)32-24-11-5-4-10-22(24)31)28(21-17-19(30)13-14-25(21)34)38-29(36)33-23-12-6-8-18-7-2-3-9-20(18)23/h2-17,26,28,34H,31H2,1H3,(H,32,35)(H,33,36)/b16-15+/t26-,28-/m1/s1. The zero-order valence-corrected chi connectivity index (χ0v) is 22.0. The van der Waals surface area contributed by atoms with Crippen molar-refractivity contribution in [3.05, 3.63) is 107 Å². The molecular weight excluding hydrogens is 550 g/mol. The molecule has 8 nitrogen and oxygen atoms in total. The molecule has 0 fully saturated rings. The monoisotopic (exact) mass is 575 g/mol. The van der Waals surface area contributed by atoms with Gasteiger partial charge in [-0.3, -0.25) is 10.1 Å². The third-order valence-electron chi connectivity index (χ3n) is 5.78. The summed E-state index contributed by atoms with van der Waals surface area (Å²) in [5.74, 6) is -0.560. The first-order chi connectivity index (χ1) is 18.4. The number of anilines is 3. The molecule has 2 atom stereocenters. The molecule has 0 spiro atoms. The first kappa shape index (κ1) is 26.7. The second-order valence-electron chi connectivity index (χ2n) is 8.32. The van der Waals surface area contributed by atoms with Gasteiger partial charge < -0.3 is 25.6 Å². The fourth-order valence-electron chi connectivity index (χ4n) is 3.92. The molecule has 4 aromatic carbocycles. The molecule has 9 heteroatoms. The summed E-state index contributed by atoms with van der Waals surface area (Å²) in [6, 6.07) is 24.8. The lowest BCUT2D eigenvalue weighted by Gasteiger charge is -2.25. The molecule has 0 heterocycles. The zero-order valence-electron chi connectivity index (χ0n) is 20.4. The van der Waals surface area contributed by atoms with Crippen LogP contribution in [0.5, 0.6) is 5.75 Å². The van der Waals surface area contributed by atoms with Crippen molar-refractivity contribution in [1.82, 2.24) is 0 Å². The number of rotatable bonds is 8. The third kappa shape index (κ3) is 6.50. The highest BCUT2D eigenvalue weighted by Gasteiger charge is 2.29. The molecule has 2 amide bonds. The Morgan fingerprint density at radius 3 is 2.45 bits per heavy atom. The van der Waals surface area contributed by atoms with Crippen LogP contribution in [0.4, 0.5) is 21.9 Å². The molecule has 194 valence electrons. The number of fused-ring (bicyclic) bond motifs is 1. The summed E-state index contributed by atoms with van der Waals surface area (Å²) < 4.78 is 12.0. The second-order valence-corrected chi connectivity index (χ2v) is 9.23. The maximum absolute atomic E-state index is 13.1. The summed E-state index contributed by atoms with van der Waals surface area (Å²) in [7, 11) is 1.41. The number of phenols is 1. The molecule has 38 heavy (non-hydrogen) atoms. The lowest BCUT2D eigenvalue weighted by molar-refractivity contribution is -0.112. The maximum atomic E-state index is 13.1. The van der Waals surface area contributed by atoms with E-state index in [1.807, 2.05) is 36.4 Å². The van der Waals surface area contributed by atoms with Crippen molar-refractivity contribution in [2.75, 3.05) is 23.5 Å². The van der Waals surface area contributed by atoms with Crippen LogP contribution in [-0.4, -0.2) is 30.3 Å². The molecule has 0 radical (unpaired) electrons. The molecule has 4 aromatic rings. The van der Waals surface area contributed by atoms with Gasteiger partial charge in [0.2, 0.25) is 5.91 Å². The quantitative estimate of drug-likeness (QED) is 0.142. The van der Waals surface area contributed by atoms with Gasteiger partial charge in [0.25, 0.3) is 0 Å². The summed E-state index contributed by atoms with van der Waals surface area (Å²) in [4.78, 5) is 25.6. The largest absolute Gasteiger partial charge is 0.508 e. The van der Waals surface area contributed by atoms with Crippen molar-refractivity contribution in [2.24, 2.45) is 0 Å². The normalized spacial score (nSPS) is 12.7. The van der Waals surface area contributed by atoms with Gasteiger partial charge in [-0.15, -0.1) is 0 Å². The number of benzene rings is 4. The van der Waals surface area contributed by atoms with Gasteiger partial charge in [-0.1, -0.05) is 64.5 Å². The van der Waals surface area contributed by atoms with Gasteiger partial charge in [0.15, 0.2) is 6.10 Å². The number of phenolic OH excluding ortho intramolecular Hbond substituents is 1. The van der Waals surface area contributed by atoms with Crippen LogP contribution in [0.3, 0.4) is 0 Å². The highest BCUT2D eigenvalue weighted by Crippen LogP contribution is 2.34. The summed E-state index contributed by atoms with van der Waals surface area (Å²) >= 11 is 3.39. The van der Waals surface area contributed by atoms with Crippen molar-refractivity contribution < 1.29 is 24.2 Å². The minimum atomic E-state index is -1.10. The van der Waals surface area contributed by atoms with Gasteiger partial charge >= 0.3 is 6.09 Å². The first-order valence-corrected chi connectivity index (χ1v) is 12.5. The predicted octanol–water partition coefficient (Wildman–Crippen LogP) is 6.39. The van der Waals surface area contributed by atoms with E-state index in [2.05, 4.69) is 26.6 Å². The molecular formula is C29H26BrN3O5. The molecule has 0 aliphatic carbocycles. The minimum Gasteiger partial charge on any atom is -0.508 e. The van der Waals surface area contributed by atoms with E-state index in [-0.39, 0.29) is 11.3 Å². The maximum Gasteiger partial charge on any atom is 0.412 e. The number of aromatic hydroxyl groups is 1. The van der Waals surface area contributed by atoms with Gasteiger partial charge in [0.1, 0.15) is 11.9 Å². The van der Waals surface area contributed by atoms with Crippen molar-refractivity contribution >= 4 is 55.8 Å². The number of hydrogen-bond acceptors (Lipinski definition) is 6. The van der Waals surface area contributed by atoms with Crippen LogP contribution in [0.1, 0.15) is 11.7 Å². The molecule has 0 aliphatic heterocycles. The highest BCUT2D eigenvalue weighted by atomic mass is 79.9. The lowest BCUT2D eigenvalue weighted by Crippen LogP contribution is -2.27. The Labute approximate surface area is 228 Å². The number of ether oxygens (including phenoxy) is 2. The molecule has 5 N–H and O–H groups in total. The van der Waals surface area contributed by atoms with Crippen molar-refractivity contribution in [2.45, 2.75) is 12.2 Å². The van der Waals surface area contributed by atoms with Crippen molar-refractivity contribution in [3.63, 3.8) is 0 Å². The lowest BCUT2D eigenvalue weighted by atomic mass is 10.0. The second kappa shape index (κ2) is 12.3. The Morgan fingerprint density at radius 2 is 1.66 bits per heavy atom. The van der Waals surface area contributed by atoms with Crippen LogP contribution >= 0.6 is 15.9 Å². The smallest absolute Gasteiger partial charge is 0.412 e. The van der Waals surface area contributed by atoms with Crippen LogP contribution in [0.15, 0.2) is 102 Å². The van der Waals surface area contributed by atoms with Crippen LogP contribution in [-0.2, 0) is 14.3 Å². The SMILES string of the molecule is CO[C@H](/C=C/C(=O)Nc1ccccc1N)[C@H](OC(=O)Nc1cccc2ccccc12)c1cc(Br)ccc1O. The predicted molar refractivity (Wildman–Crippen MR) is 152 cm³/mol. The van der Waals surface area contributed by atoms with E-state index in [1.165, 1.54) is 25.3 Å². The molecule has 0 aromatic heterocycles. The average molecular weight is 576 g/mol. The van der Waals surface area contributed by atoms with Crippen molar-refractivity contribution in [1.29, 1.82) is 0 Å². The molecule has 4 rings (SSSR count). The molecule has 0 bridgehead atoms. The van der Waals surface area contributed by atoms with Gasteiger partial charge in [-0.05, 0) is 47.9 Å². The summed E-state index contributed by atoms with van der Waals surface area (Å²) in [6.45, 7) is 0. The highest BCUT2D eigenvalue weighted by molar-refractivity contribution is 9.10. The Kier molecular flexibility index (Phi) is 8.62. The number of nitrogens with one attached hydrogen (secondary N) is 2. The van der Waals surface area contributed by atoms with E-state index < -0.39 is 24.2 Å². The van der Waals surface area contributed by atoms with E-state index in [9.17, 15) is 14.7 Å². The van der Waals surface area contributed by atoms with E-state index in [4.69, 9.17) is 15.2 Å². The Bertz CT molecular complexity index is 1490. The number of amides is 2. The fraction of sp³-hybridized carbons (Fsp3) is 0.103. The van der Waals surface area contributed by atoms with E-state index in [0.29, 0.717) is 21.5 Å². The van der Waals surface area contributed by atoms with Gasteiger partial charge in [-0.2, -0.15) is 0 Å². The molecule has 0 saturated carbocycles. The summed E-state index contributed by atoms with van der Waals surface area (Å²) in [5.41, 5.74) is 7.63. The van der Waals surface area contributed by atoms with Crippen LogP contribution in [0, 0.1) is 0 Å². The third-order valence-corrected chi connectivity index (χ3v) is 6.28. The van der Waals surface area contributed by atoms with Gasteiger partial charge in [-0.25, -0.2) is 4.79 Å². The number of methoxy groups -OCH3 is 1. The van der Waals surface area contributed by atoms with Crippen LogP contribution < -0.4 is 16.4 Å². The molecule has 0 unspecified atom stereocenters. The number of nitrogen functional groups attached to an aromatic ring is 1. The average Bonchev–Trinajstić information content (AvgIpc) is 2.91.